The van der Waals surface area contributed by atoms with Crippen molar-refractivity contribution < 1.29 is 0 Å². The molecule has 0 aromatic heterocycles. The first-order valence-electron chi connectivity index (χ1n) is 10.2. The zero-order chi connectivity index (χ0) is 18.6. The van der Waals surface area contributed by atoms with E-state index >= 15 is 0 Å². The van der Waals surface area contributed by atoms with Crippen LogP contribution >= 0.6 is 0 Å². The largest absolute Gasteiger partial charge is 0.314 e. The maximum absolute atomic E-state index is 3.51. The van der Waals surface area contributed by atoms with E-state index < -0.39 is 0 Å². The first-order chi connectivity index (χ1) is 13.0. The molecule has 27 heavy (non-hydrogen) atoms. The van der Waals surface area contributed by atoms with Gasteiger partial charge in [0.25, 0.3) is 0 Å². The fourth-order valence-electron chi connectivity index (χ4n) is 5.15. The molecule has 0 unspecified atom stereocenters. The van der Waals surface area contributed by atoms with Gasteiger partial charge in [-0.25, -0.2) is 0 Å². The Labute approximate surface area is 161 Å². The minimum absolute atomic E-state index is 0.181. The van der Waals surface area contributed by atoms with E-state index in [-0.39, 0.29) is 5.41 Å². The Hall–Kier alpha value is -2.16. The Morgan fingerprint density at radius 2 is 1.37 bits per heavy atom. The Kier molecular flexibility index (Phi) is 3.89. The molecule has 1 saturated heterocycles. The number of rotatable bonds is 2. The van der Waals surface area contributed by atoms with Gasteiger partial charge >= 0.3 is 0 Å². The summed E-state index contributed by atoms with van der Waals surface area (Å²) in [5, 5.41) is 11.8. The second-order valence-electron chi connectivity index (χ2n) is 9.07. The van der Waals surface area contributed by atoms with Crippen LogP contribution in [0.4, 0.5) is 0 Å². The summed E-state index contributed by atoms with van der Waals surface area (Å²) in [6.07, 6.45) is 0. The fraction of sp³-hybridized carbons (Fsp3) is 0.360. The molecule has 1 atom stereocenters. The highest BCUT2D eigenvalue weighted by Gasteiger charge is 2.33. The van der Waals surface area contributed by atoms with E-state index in [0.29, 0.717) is 6.04 Å². The summed E-state index contributed by atoms with van der Waals surface area (Å²) in [7, 11) is 0. The van der Waals surface area contributed by atoms with Crippen molar-refractivity contribution in [2.24, 2.45) is 5.41 Å². The van der Waals surface area contributed by atoms with E-state index in [1.807, 2.05) is 0 Å². The lowest BCUT2D eigenvalue weighted by molar-refractivity contribution is 0.0873. The number of benzene rings is 4. The highest BCUT2D eigenvalue weighted by atomic mass is 15.2. The molecule has 0 spiro atoms. The molecule has 1 aliphatic rings. The average molecular weight is 357 g/mol. The molecule has 4 aromatic carbocycles. The van der Waals surface area contributed by atoms with Crippen LogP contribution in [-0.2, 0) is 0 Å². The standard InChI is InChI=1S/C25H28N2/c1-25(2,3)24(27-15-13-26-14-16-27)21-12-10-19-8-7-17-5-4-6-18-9-11-20(21)23(19)22(17)18/h4-12,24,26H,13-16H2,1-3H3/t24-/m0/s1. The lowest BCUT2D eigenvalue weighted by atomic mass is 9.78. The van der Waals surface area contributed by atoms with E-state index in [0.717, 1.165) is 26.2 Å². The SMILES string of the molecule is CC(C)(C)[C@H](c1ccc2ccc3cccc4ccc1c2c34)N1CCNCC1. The highest BCUT2D eigenvalue weighted by molar-refractivity contribution is 6.23. The van der Waals surface area contributed by atoms with Crippen molar-refractivity contribution in [1.82, 2.24) is 10.2 Å². The van der Waals surface area contributed by atoms with Gasteiger partial charge in [-0.2, -0.15) is 0 Å². The van der Waals surface area contributed by atoms with Crippen molar-refractivity contribution in [1.29, 1.82) is 0 Å². The average Bonchev–Trinajstić information content (AvgIpc) is 2.67. The first-order valence-corrected chi connectivity index (χ1v) is 10.2. The molecule has 0 aliphatic carbocycles. The summed E-state index contributed by atoms with van der Waals surface area (Å²) < 4.78 is 0. The predicted molar refractivity (Wildman–Crippen MR) is 117 cm³/mol. The van der Waals surface area contributed by atoms with Crippen LogP contribution in [0.15, 0.2) is 54.6 Å². The van der Waals surface area contributed by atoms with Crippen LogP contribution in [0.1, 0.15) is 32.4 Å². The van der Waals surface area contributed by atoms with E-state index in [1.165, 1.54) is 37.9 Å². The molecule has 0 radical (unpaired) electrons. The summed E-state index contributed by atoms with van der Waals surface area (Å²) in [4.78, 5) is 2.68. The molecule has 138 valence electrons. The maximum Gasteiger partial charge on any atom is 0.0403 e. The van der Waals surface area contributed by atoms with Gasteiger partial charge in [-0.1, -0.05) is 75.4 Å². The van der Waals surface area contributed by atoms with Gasteiger partial charge in [-0.05, 0) is 43.3 Å². The third-order valence-electron chi connectivity index (χ3n) is 6.19. The number of nitrogens with zero attached hydrogens (tertiary/aromatic N) is 1. The van der Waals surface area contributed by atoms with Gasteiger partial charge in [-0.15, -0.1) is 0 Å². The van der Waals surface area contributed by atoms with Gasteiger partial charge in [0.1, 0.15) is 0 Å². The summed E-state index contributed by atoms with van der Waals surface area (Å²) in [6, 6.07) is 21.0. The van der Waals surface area contributed by atoms with Gasteiger partial charge in [0, 0.05) is 32.2 Å². The molecular weight excluding hydrogens is 328 g/mol. The van der Waals surface area contributed by atoms with Crippen molar-refractivity contribution in [3.8, 4) is 0 Å². The van der Waals surface area contributed by atoms with Gasteiger partial charge in [0.05, 0.1) is 0 Å². The van der Waals surface area contributed by atoms with E-state index in [4.69, 9.17) is 0 Å². The molecule has 0 amide bonds. The minimum atomic E-state index is 0.181. The summed E-state index contributed by atoms with van der Waals surface area (Å²) in [6.45, 7) is 11.6. The predicted octanol–water partition coefficient (Wildman–Crippen LogP) is 5.58. The van der Waals surface area contributed by atoms with Gasteiger partial charge in [-0.3, -0.25) is 4.90 Å². The van der Waals surface area contributed by atoms with Gasteiger partial charge in [0.15, 0.2) is 0 Å². The minimum Gasteiger partial charge on any atom is -0.314 e. The molecule has 0 saturated carbocycles. The third-order valence-corrected chi connectivity index (χ3v) is 6.19. The van der Waals surface area contributed by atoms with Crippen molar-refractivity contribution in [2.75, 3.05) is 26.2 Å². The van der Waals surface area contributed by atoms with Gasteiger partial charge < -0.3 is 5.32 Å². The van der Waals surface area contributed by atoms with Crippen LogP contribution in [0.2, 0.25) is 0 Å². The summed E-state index contributed by atoms with van der Waals surface area (Å²) in [5.41, 5.74) is 1.66. The molecule has 2 nitrogen and oxygen atoms in total. The summed E-state index contributed by atoms with van der Waals surface area (Å²) >= 11 is 0. The molecular formula is C25H28N2. The van der Waals surface area contributed by atoms with Crippen LogP contribution in [0, 0.1) is 5.41 Å². The summed E-state index contributed by atoms with van der Waals surface area (Å²) in [5.74, 6) is 0. The smallest absolute Gasteiger partial charge is 0.0403 e. The van der Waals surface area contributed by atoms with Crippen LogP contribution < -0.4 is 5.32 Å². The lowest BCUT2D eigenvalue weighted by Gasteiger charge is -2.43. The molecule has 0 bridgehead atoms. The van der Waals surface area contributed by atoms with E-state index in [1.54, 1.807) is 0 Å². The third kappa shape index (κ3) is 2.70. The second-order valence-corrected chi connectivity index (χ2v) is 9.07. The molecule has 1 fully saturated rings. The topological polar surface area (TPSA) is 15.3 Å². The van der Waals surface area contributed by atoms with Crippen LogP contribution in [-0.4, -0.2) is 31.1 Å². The quantitative estimate of drug-likeness (QED) is 0.472. The monoisotopic (exact) mass is 356 g/mol. The lowest BCUT2D eigenvalue weighted by Crippen LogP contribution is -2.48. The first kappa shape index (κ1) is 17.0. The molecule has 5 rings (SSSR count). The Bertz CT molecular complexity index is 1080. The Balaban J connectivity index is 1.81. The van der Waals surface area contributed by atoms with Crippen LogP contribution in [0.3, 0.4) is 0 Å². The number of hydrogen-bond donors (Lipinski definition) is 1. The van der Waals surface area contributed by atoms with Crippen LogP contribution in [0.5, 0.6) is 0 Å². The van der Waals surface area contributed by atoms with Crippen molar-refractivity contribution in [3.05, 3.63) is 60.2 Å². The maximum atomic E-state index is 3.51. The van der Waals surface area contributed by atoms with Crippen molar-refractivity contribution in [3.63, 3.8) is 0 Å². The van der Waals surface area contributed by atoms with Crippen LogP contribution in [0.25, 0.3) is 32.3 Å². The number of piperazine rings is 1. The zero-order valence-electron chi connectivity index (χ0n) is 16.5. The highest BCUT2D eigenvalue weighted by Crippen LogP contribution is 2.44. The van der Waals surface area contributed by atoms with Crippen molar-refractivity contribution >= 4 is 32.3 Å². The Morgan fingerprint density at radius 1 is 0.778 bits per heavy atom. The Morgan fingerprint density at radius 3 is 2.04 bits per heavy atom. The van der Waals surface area contributed by atoms with Crippen molar-refractivity contribution in [2.45, 2.75) is 26.8 Å². The molecule has 1 N–H and O–H groups in total. The number of nitrogens with one attached hydrogen (secondary N) is 1. The zero-order valence-corrected chi connectivity index (χ0v) is 16.5. The second kappa shape index (κ2) is 6.19. The molecule has 4 aromatic rings. The van der Waals surface area contributed by atoms with Gasteiger partial charge in [0.2, 0.25) is 0 Å². The van der Waals surface area contributed by atoms with E-state index in [2.05, 4.69) is 85.6 Å². The van der Waals surface area contributed by atoms with E-state index in [9.17, 15) is 0 Å². The molecule has 1 heterocycles. The normalized spacial score (nSPS) is 17.9. The fourth-order valence-corrected chi connectivity index (χ4v) is 5.15. The molecule has 2 heteroatoms. The molecule has 1 aliphatic heterocycles. The number of hydrogen-bond acceptors (Lipinski definition) is 2.